The zero-order chi connectivity index (χ0) is 14.5. The molecule has 0 aromatic heterocycles. The number of para-hydroxylation sites is 1. The average molecular weight is 311 g/mol. The molecule has 0 saturated carbocycles. The Kier molecular flexibility index (Phi) is 4.88. The van der Waals surface area contributed by atoms with Gasteiger partial charge in [-0.15, -0.1) is 0 Å². The molecule has 1 atom stereocenters. The summed E-state index contributed by atoms with van der Waals surface area (Å²) in [5.41, 5.74) is 0.641. The minimum atomic E-state index is -1.05. The van der Waals surface area contributed by atoms with Gasteiger partial charge in [0, 0.05) is 6.42 Å². The summed E-state index contributed by atoms with van der Waals surface area (Å²) in [5, 5.41) is 10.0. The first-order valence-electron chi connectivity index (χ1n) is 5.95. The maximum Gasteiger partial charge on any atom is 0.345 e. The molecule has 2 aromatic rings. The lowest BCUT2D eigenvalue weighted by Gasteiger charge is -2.16. The number of benzene rings is 2. The molecule has 3 nitrogen and oxygen atoms in total. The molecule has 2 aromatic carbocycles. The first kappa shape index (κ1) is 14.7. The molecule has 0 saturated heterocycles. The molecule has 0 aliphatic heterocycles. The maximum atomic E-state index is 11.3. The van der Waals surface area contributed by atoms with Gasteiger partial charge < -0.3 is 9.84 Å². The van der Waals surface area contributed by atoms with Crippen LogP contribution >= 0.6 is 23.2 Å². The van der Waals surface area contributed by atoms with Crippen LogP contribution < -0.4 is 4.74 Å². The van der Waals surface area contributed by atoms with Crippen molar-refractivity contribution in [1.29, 1.82) is 0 Å². The van der Waals surface area contributed by atoms with E-state index in [1.165, 1.54) is 0 Å². The Labute approximate surface area is 126 Å². The van der Waals surface area contributed by atoms with E-state index in [9.17, 15) is 9.90 Å². The number of aliphatic carboxylic acids is 1. The van der Waals surface area contributed by atoms with Gasteiger partial charge >= 0.3 is 5.97 Å². The molecule has 0 heterocycles. The number of carboxylic acid groups (broad SMARTS) is 1. The van der Waals surface area contributed by atoms with E-state index in [1.807, 2.05) is 6.07 Å². The second-order valence-corrected chi connectivity index (χ2v) is 4.96. The lowest BCUT2D eigenvalue weighted by molar-refractivity contribution is -0.145. The van der Waals surface area contributed by atoms with Crippen LogP contribution in [0.4, 0.5) is 0 Å². The van der Waals surface area contributed by atoms with Crippen LogP contribution in [0.25, 0.3) is 0 Å². The van der Waals surface area contributed by atoms with Crippen molar-refractivity contribution in [2.45, 2.75) is 12.5 Å². The second-order valence-electron chi connectivity index (χ2n) is 4.17. The fourth-order valence-corrected chi connectivity index (χ4v) is 2.15. The third-order valence-electron chi connectivity index (χ3n) is 2.73. The normalized spacial score (nSPS) is 11.9. The van der Waals surface area contributed by atoms with Crippen molar-refractivity contribution in [2.24, 2.45) is 0 Å². The van der Waals surface area contributed by atoms with Crippen LogP contribution in [-0.4, -0.2) is 17.2 Å². The highest BCUT2D eigenvalue weighted by molar-refractivity contribution is 6.42. The predicted octanol–water partition coefficient (Wildman–Crippen LogP) is 4.07. The molecule has 5 heteroatoms. The first-order valence-corrected chi connectivity index (χ1v) is 6.71. The van der Waals surface area contributed by atoms with E-state index < -0.39 is 12.1 Å². The van der Waals surface area contributed by atoms with Gasteiger partial charge in [-0.05, 0) is 23.8 Å². The van der Waals surface area contributed by atoms with Gasteiger partial charge in [0.2, 0.25) is 0 Å². The van der Waals surface area contributed by atoms with Crippen molar-refractivity contribution >= 4 is 29.2 Å². The van der Waals surface area contributed by atoms with Gasteiger partial charge in [0.1, 0.15) is 5.75 Å². The number of hydrogen-bond acceptors (Lipinski definition) is 2. The van der Waals surface area contributed by atoms with Crippen molar-refractivity contribution in [3.8, 4) is 5.75 Å². The monoisotopic (exact) mass is 310 g/mol. The van der Waals surface area contributed by atoms with E-state index >= 15 is 0 Å². The summed E-state index contributed by atoms with van der Waals surface area (Å²) >= 11 is 12.0. The minimum absolute atomic E-state index is 0.142. The molecule has 0 radical (unpaired) electrons. The van der Waals surface area contributed by atoms with E-state index in [4.69, 9.17) is 27.9 Å². The van der Waals surface area contributed by atoms with Gasteiger partial charge in [0.05, 0.1) is 10.0 Å². The zero-order valence-corrected chi connectivity index (χ0v) is 11.9. The Morgan fingerprint density at radius 3 is 2.45 bits per heavy atom. The minimum Gasteiger partial charge on any atom is -0.478 e. The van der Waals surface area contributed by atoms with Crippen LogP contribution in [0.15, 0.2) is 48.5 Å². The third kappa shape index (κ3) is 3.65. The van der Waals surface area contributed by atoms with Crippen molar-refractivity contribution in [3.05, 3.63) is 64.1 Å². The van der Waals surface area contributed by atoms with Crippen molar-refractivity contribution < 1.29 is 14.6 Å². The van der Waals surface area contributed by atoms with E-state index in [-0.39, 0.29) is 6.42 Å². The van der Waals surface area contributed by atoms with Gasteiger partial charge in [-0.2, -0.15) is 0 Å². The summed E-state index contributed by atoms with van der Waals surface area (Å²) < 4.78 is 5.47. The van der Waals surface area contributed by atoms with Crippen molar-refractivity contribution in [2.75, 3.05) is 0 Å². The fraction of sp³-hybridized carbons (Fsp3) is 0.133. The molecule has 2 rings (SSSR count). The van der Waals surface area contributed by atoms with Crippen LogP contribution in [-0.2, 0) is 11.2 Å². The zero-order valence-electron chi connectivity index (χ0n) is 10.4. The van der Waals surface area contributed by atoms with Gasteiger partial charge in [-0.1, -0.05) is 53.5 Å². The largest absolute Gasteiger partial charge is 0.478 e. The van der Waals surface area contributed by atoms with Crippen LogP contribution in [0.1, 0.15) is 5.56 Å². The number of carbonyl (C=O) groups is 1. The molecule has 1 unspecified atom stereocenters. The molecule has 0 fully saturated rings. The predicted molar refractivity (Wildman–Crippen MR) is 78.7 cm³/mol. The summed E-state index contributed by atoms with van der Waals surface area (Å²) in [6.45, 7) is 0. The quantitative estimate of drug-likeness (QED) is 0.905. The van der Waals surface area contributed by atoms with Gasteiger partial charge in [-0.25, -0.2) is 4.79 Å². The molecular weight excluding hydrogens is 299 g/mol. The summed E-state index contributed by atoms with van der Waals surface area (Å²) in [6, 6.07) is 13.9. The average Bonchev–Trinajstić information content (AvgIpc) is 2.44. The molecule has 1 N–H and O–H groups in total. The van der Waals surface area contributed by atoms with Crippen molar-refractivity contribution in [3.63, 3.8) is 0 Å². The summed E-state index contributed by atoms with van der Waals surface area (Å²) in [4.78, 5) is 11.3. The summed E-state index contributed by atoms with van der Waals surface area (Å²) in [7, 11) is 0. The molecule has 0 amide bonds. The molecule has 104 valence electrons. The van der Waals surface area contributed by atoms with Crippen LogP contribution in [0.3, 0.4) is 0 Å². The van der Waals surface area contributed by atoms with Gasteiger partial charge in [0.25, 0.3) is 0 Å². The lowest BCUT2D eigenvalue weighted by Crippen LogP contribution is -2.29. The smallest absolute Gasteiger partial charge is 0.345 e. The van der Waals surface area contributed by atoms with E-state index in [2.05, 4.69) is 0 Å². The second kappa shape index (κ2) is 6.64. The lowest BCUT2D eigenvalue weighted by atomic mass is 10.1. The number of rotatable bonds is 5. The number of halogens is 2. The molecule has 0 bridgehead atoms. The highest BCUT2D eigenvalue weighted by Gasteiger charge is 2.21. The summed E-state index contributed by atoms with van der Waals surface area (Å²) in [6.07, 6.45) is -0.878. The topological polar surface area (TPSA) is 46.5 Å². The Morgan fingerprint density at radius 1 is 1.10 bits per heavy atom. The number of ether oxygens (including phenoxy) is 1. The highest BCUT2D eigenvalue weighted by Crippen LogP contribution is 2.27. The Hall–Kier alpha value is -1.71. The molecule has 0 aliphatic carbocycles. The molecule has 0 spiro atoms. The van der Waals surface area contributed by atoms with Crippen molar-refractivity contribution in [1.82, 2.24) is 0 Å². The van der Waals surface area contributed by atoms with Gasteiger partial charge in [-0.3, -0.25) is 0 Å². The molecule has 0 aliphatic rings. The first-order chi connectivity index (χ1) is 9.58. The highest BCUT2D eigenvalue weighted by atomic mass is 35.5. The Balaban J connectivity index is 2.18. The van der Waals surface area contributed by atoms with Crippen LogP contribution in [0, 0.1) is 0 Å². The fourth-order valence-electron chi connectivity index (χ4n) is 1.75. The standard InChI is InChI=1S/C15H12Cl2O3/c16-12-8-4-5-10(14(12)17)9-13(15(18)19)20-11-6-2-1-3-7-11/h1-8,13H,9H2,(H,18,19). The molecular formula is C15H12Cl2O3. The van der Waals surface area contributed by atoms with Crippen LogP contribution in [0.5, 0.6) is 5.75 Å². The number of carboxylic acids is 1. The van der Waals surface area contributed by atoms with Gasteiger partial charge in [0.15, 0.2) is 6.10 Å². The Morgan fingerprint density at radius 2 is 1.80 bits per heavy atom. The van der Waals surface area contributed by atoms with Crippen LogP contribution in [0.2, 0.25) is 10.0 Å². The number of hydrogen-bond donors (Lipinski definition) is 1. The van der Waals surface area contributed by atoms with E-state index in [1.54, 1.807) is 42.5 Å². The summed E-state index contributed by atoms with van der Waals surface area (Å²) in [5.74, 6) is -0.553. The maximum absolute atomic E-state index is 11.3. The van der Waals surface area contributed by atoms with E-state index in [0.29, 0.717) is 21.4 Å². The third-order valence-corrected chi connectivity index (χ3v) is 3.59. The Bertz CT molecular complexity index is 599. The SMILES string of the molecule is O=C(O)C(Cc1cccc(Cl)c1Cl)Oc1ccccc1. The van der Waals surface area contributed by atoms with E-state index in [0.717, 1.165) is 0 Å². The molecule has 20 heavy (non-hydrogen) atoms.